The molecule has 0 radical (unpaired) electrons. The zero-order valence-electron chi connectivity index (χ0n) is 29.4. The highest BCUT2D eigenvalue weighted by molar-refractivity contribution is 5.95. The fourth-order valence-corrected chi connectivity index (χ4v) is 9.06. The molecule has 3 atom stereocenters. The summed E-state index contributed by atoms with van der Waals surface area (Å²) in [5.74, 6) is -0.817. The number of aromatic nitrogens is 2. The number of cyclic esters (lactones) is 1. The smallest absolute Gasteiger partial charge is 0.343 e. The van der Waals surface area contributed by atoms with Crippen LogP contribution < -0.4 is 25.7 Å². The summed E-state index contributed by atoms with van der Waals surface area (Å²) in [6, 6.07) is 4.86. The van der Waals surface area contributed by atoms with Crippen molar-refractivity contribution < 1.29 is 38.5 Å². The summed E-state index contributed by atoms with van der Waals surface area (Å²) >= 11 is 0. The number of benzene rings is 1. The SMILES string of the molecule is CCC(=O)N[C@H](C(=O)C[C@@H](C)C(=O)NC12CC(c3c4c(nc5cc6c(cc35)OCO6)-c3cc5c(c(=O)n3C4)COC(=O)[C@]5(O)CC)(C1)C2)C(C)C. The first-order chi connectivity index (χ1) is 24.2. The fourth-order valence-electron chi connectivity index (χ4n) is 9.06. The molecule has 268 valence electrons. The lowest BCUT2D eigenvalue weighted by atomic mass is 9.36. The maximum absolute atomic E-state index is 14.0. The summed E-state index contributed by atoms with van der Waals surface area (Å²) in [5, 5.41) is 18.3. The van der Waals surface area contributed by atoms with Gasteiger partial charge in [0.15, 0.2) is 22.9 Å². The first-order valence-corrected chi connectivity index (χ1v) is 17.8. The molecule has 6 aliphatic rings. The number of esters is 1. The van der Waals surface area contributed by atoms with Crippen molar-refractivity contribution in [2.45, 2.75) is 109 Å². The van der Waals surface area contributed by atoms with Crippen LogP contribution in [0.4, 0.5) is 0 Å². The average molecular weight is 699 g/mol. The van der Waals surface area contributed by atoms with Crippen LogP contribution in [0.25, 0.3) is 22.3 Å². The quantitative estimate of drug-likeness (QED) is 0.209. The molecular weight excluding hydrogens is 656 g/mol. The Bertz CT molecular complexity index is 2120. The number of ketones is 1. The van der Waals surface area contributed by atoms with E-state index in [1.54, 1.807) is 31.4 Å². The number of nitrogens with zero attached hydrogens (tertiary/aromatic N) is 2. The van der Waals surface area contributed by atoms with Crippen molar-refractivity contribution >= 4 is 34.5 Å². The number of aliphatic hydroxyl groups is 1. The number of ether oxygens (including phenoxy) is 3. The molecule has 2 aromatic heterocycles. The molecule has 0 unspecified atom stereocenters. The van der Waals surface area contributed by atoms with Gasteiger partial charge in [0.05, 0.1) is 35.1 Å². The van der Waals surface area contributed by atoms with E-state index >= 15 is 0 Å². The molecule has 13 heteroatoms. The highest BCUT2D eigenvalue weighted by atomic mass is 16.7. The number of rotatable bonds is 10. The molecule has 0 saturated heterocycles. The summed E-state index contributed by atoms with van der Waals surface area (Å²) < 4.78 is 18.3. The van der Waals surface area contributed by atoms with E-state index in [-0.39, 0.29) is 84.8 Å². The van der Waals surface area contributed by atoms with Crippen molar-refractivity contribution in [2.24, 2.45) is 11.8 Å². The van der Waals surface area contributed by atoms with Gasteiger partial charge in [0.25, 0.3) is 5.56 Å². The van der Waals surface area contributed by atoms with E-state index in [1.165, 1.54) is 0 Å². The fraction of sp³-hybridized carbons (Fsp3) is 0.526. The summed E-state index contributed by atoms with van der Waals surface area (Å²) in [5.41, 5.74) is 1.27. The maximum Gasteiger partial charge on any atom is 0.343 e. The zero-order valence-corrected chi connectivity index (χ0v) is 29.4. The standard InChI is InChI=1S/C38H42N4O9/c1-6-29(44)40-31(18(3)4)26(43)8-19(5)33(45)41-37-14-36(15-37,16-37)30-20-9-27-28(51-17-50-27)11-24(20)39-32-21(30)12-42-25(32)10-23-22(34(42)46)13-49-35(47)38(23,48)7-2/h9-11,18-19,31,48H,6-8,12-17H2,1-5H3,(H,40,44)(H,41,45)/t19-,31+,36?,37?,38+/m1/s1. The molecule has 3 saturated carbocycles. The Morgan fingerprint density at radius 3 is 2.37 bits per heavy atom. The second kappa shape index (κ2) is 11.4. The maximum atomic E-state index is 14.0. The van der Waals surface area contributed by atoms with Crippen molar-refractivity contribution in [1.29, 1.82) is 0 Å². The lowest BCUT2D eigenvalue weighted by Gasteiger charge is -2.71. The van der Waals surface area contributed by atoms with Crippen molar-refractivity contribution in [3.05, 3.63) is 50.8 Å². The van der Waals surface area contributed by atoms with Crippen LogP contribution in [0.2, 0.25) is 0 Å². The number of hydrogen-bond donors (Lipinski definition) is 3. The number of pyridine rings is 2. The molecule has 3 aromatic rings. The van der Waals surface area contributed by atoms with Crippen molar-refractivity contribution in [3.63, 3.8) is 0 Å². The number of Topliss-reactive ketones (excluding diaryl/α,β-unsaturated/α-hetero) is 1. The average Bonchev–Trinajstić information content (AvgIpc) is 3.68. The van der Waals surface area contributed by atoms with Crippen LogP contribution in [0.1, 0.15) is 95.4 Å². The van der Waals surface area contributed by atoms with Gasteiger partial charge in [-0.15, -0.1) is 0 Å². The van der Waals surface area contributed by atoms with Crippen LogP contribution in [0.5, 0.6) is 11.5 Å². The van der Waals surface area contributed by atoms with Gasteiger partial charge in [-0.05, 0) is 49.3 Å². The van der Waals surface area contributed by atoms with Crippen molar-refractivity contribution in [1.82, 2.24) is 20.2 Å². The van der Waals surface area contributed by atoms with Crippen LogP contribution in [-0.2, 0) is 48.1 Å². The third-order valence-corrected chi connectivity index (χ3v) is 11.7. The van der Waals surface area contributed by atoms with E-state index in [4.69, 9.17) is 19.2 Å². The van der Waals surface area contributed by atoms with E-state index in [0.29, 0.717) is 47.7 Å². The lowest BCUT2D eigenvalue weighted by Crippen LogP contribution is -2.77. The Hall–Kier alpha value is -4.78. The molecule has 2 amide bonds. The Morgan fingerprint density at radius 1 is 1.00 bits per heavy atom. The number of amides is 2. The third kappa shape index (κ3) is 4.83. The van der Waals surface area contributed by atoms with E-state index in [0.717, 1.165) is 16.5 Å². The molecule has 9 rings (SSSR count). The van der Waals surface area contributed by atoms with Gasteiger partial charge in [-0.25, -0.2) is 9.78 Å². The molecule has 1 aromatic carbocycles. The van der Waals surface area contributed by atoms with E-state index in [2.05, 4.69) is 10.6 Å². The van der Waals surface area contributed by atoms with E-state index in [1.807, 2.05) is 26.0 Å². The topological polar surface area (TPSA) is 175 Å². The molecule has 0 spiro atoms. The minimum Gasteiger partial charge on any atom is -0.458 e. The first-order valence-electron chi connectivity index (χ1n) is 17.8. The molecule has 3 aliphatic carbocycles. The molecule has 5 heterocycles. The van der Waals surface area contributed by atoms with Crippen LogP contribution in [0.15, 0.2) is 23.0 Å². The minimum absolute atomic E-state index is 0.0242. The molecule has 51 heavy (non-hydrogen) atoms. The molecule has 13 nitrogen and oxygen atoms in total. The second-order valence-corrected chi connectivity index (χ2v) is 15.4. The number of carbonyl (C=O) groups is 4. The van der Waals surface area contributed by atoms with Gasteiger partial charge >= 0.3 is 5.97 Å². The van der Waals surface area contributed by atoms with E-state index in [9.17, 15) is 29.1 Å². The first kappa shape index (κ1) is 33.4. The monoisotopic (exact) mass is 698 g/mol. The molecule has 3 N–H and O–H groups in total. The summed E-state index contributed by atoms with van der Waals surface area (Å²) in [6.07, 6.45) is 2.37. The van der Waals surface area contributed by atoms with Gasteiger partial charge in [-0.1, -0.05) is 34.6 Å². The Kier molecular flexibility index (Phi) is 7.43. The van der Waals surface area contributed by atoms with Crippen molar-refractivity contribution in [3.8, 4) is 22.9 Å². The summed E-state index contributed by atoms with van der Waals surface area (Å²) in [6.45, 7) is 9.05. The molecule has 2 bridgehead atoms. The van der Waals surface area contributed by atoms with Crippen LogP contribution >= 0.6 is 0 Å². The zero-order chi connectivity index (χ0) is 36.2. The predicted molar refractivity (Wildman–Crippen MR) is 183 cm³/mol. The van der Waals surface area contributed by atoms with Gasteiger partial charge in [0.2, 0.25) is 18.6 Å². The Labute approximate surface area is 294 Å². The lowest BCUT2D eigenvalue weighted by molar-refractivity contribution is -0.172. The van der Waals surface area contributed by atoms with Gasteiger partial charge < -0.3 is 34.5 Å². The van der Waals surface area contributed by atoms with Gasteiger partial charge in [0.1, 0.15) is 6.61 Å². The third-order valence-electron chi connectivity index (χ3n) is 11.7. The number of carbonyl (C=O) groups excluding carboxylic acids is 4. The van der Waals surface area contributed by atoms with E-state index < -0.39 is 29.1 Å². The molecule has 3 aliphatic heterocycles. The van der Waals surface area contributed by atoms with Gasteiger partial charge in [-0.2, -0.15) is 0 Å². The van der Waals surface area contributed by atoms with Crippen LogP contribution in [0.3, 0.4) is 0 Å². The number of fused-ring (bicyclic) bond motifs is 6. The molecular formula is C38H42N4O9. The van der Waals surface area contributed by atoms with Gasteiger partial charge in [-0.3, -0.25) is 19.2 Å². The molecule has 3 fully saturated rings. The highest BCUT2D eigenvalue weighted by Gasteiger charge is 2.70. The summed E-state index contributed by atoms with van der Waals surface area (Å²) in [7, 11) is 0. The normalized spacial score (nSPS) is 25.9. The Balaban J connectivity index is 1.11. The van der Waals surface area contributed by atoms with Gasteiger partial charge in [0, 0.05) is 52.3 Å². The van der Waals surface area contributed by atoms with Crippen LogP contribution in [-0.4, -0.2) is 56.6 Å². The predicted octanol–water partition coefficient (Wildman–Crippen LogP) is 3.24. The number of hydrogen-bond acceptors (Lipinski definition) is 10. The minimum atomic E-state index is -1.93. The second-order valence-electron chi connectivity index (χ2n) is 15.4. The number of nitrogens with one attached hydrogen (secondary N) is 2. The Morgan fingerprint density at radius 2 is 1.71 bits per heavy atom. The summed E-state index contributed by atoms with van der Waals surface area (Å²) in [4.78, 5) is 70.4. The van der Waals surface area contributed by atoms with Crippen LogP contribution in [0, 0.1) is 11.8 Å². The largest absolute Gasteiger partial charge is 0.458 e. The highest BCUT2D eigenvalue weighted by Crippen LogP contribution is 2.70. The van der Waals surface area contributed by atoms with Crippen molar-refractivity contribution in [2.75, 3.05) is 6.79 Å².